The molecule has 1 unspecified atom stereocenters. The molecule has 0 saturated carbocycles. The number of halogens is 3. The number of anilines is 1. The number of benzene rings is 1. The molecule has 2 N–H and O–H groups in total. The number of nitrogens with zero attached hydrogens (tertiary/aromatic N) is 4. The number of carbonyl (C=O) groups is 1. The summed E-state index contributed by atoms with van der Waals surface area (Å²) in [4.78, 5) is 23.2. The lowest BCUT2D eigenvalue weighted by atomic mass is 10.2. The Balaban J connectivity index is 1.79. The van der Waals surface area contributed by atoms with E-state index < -0.39 is 11.7 Å². The van der Waals surface area contributed by atoms with Gasteiger partial charge in [0.15, 0.2) is 5.82 Å². The fourth-order valence-corrected chi connectivity index (χ4v) is 2.84. The Kier molecular flexibility index (Phi) is 3.74. The lowest BCUT2D eigenvalue weighted by Gasteiger charge is -2.16. The van der Waals surface area contributed by atoms with Crippen molar-refractivity contribution in [1.82, 2.24) is 24.8 Å². The van der Waals surface area contributed by atoms with E-state index in [2.05, 4.69) is 25.6 Å². The first-order valence-electron chi connectivity index (χ1n) is 7.82. The fraction of sp³-hybridized carbons (Fsp3) is 0.250. The van der Waals surface area contributed by atoms with Gasteiger partial charge in [0, 0.05) is 19.2 Å². The van der Waals surface area contributed by atoms with E-state index in [9.17, 15) is 18.0 Å². The SMILES string of the molecule is O=C1CC(Nc2ncc(C(F)(F)F)c(-n3cnc4ccccc43)n2)CN1. The van der Waals surface area contributed by atoms with E-state index >= 15 is 0 Å². The van der Waals surface area contributed by atoms with Gasteiger partial charge in [0.2, 0.25) is 11.9 Å². The monoisotopic (exact) mass is 362 g/mol. The molecule has 7 nitrogen and oxygen atoms in total. The standard InChI is InChI=1S/C16H13F3N6O/c17-16(18,19)10-7-21-15(23-9-5-13(26)20-6-9)24-14(10)25-8-22-11-3-1-2-4-12(11)25/h1-4,7-9H,5-6H2,(H,20,26)(H,21,23,24). The number of nitrogens with one attached hydrogen (secondary N) is 2. The maximum absolute atomic E-state index is 13.4. The summed E-state index contributed by atoms with van der Waals surface area (Å²) in [7, 11) is 0. The van der Waals surface area contributed by atoms with Crippen molar-refractivity contribution in [2.45, 2.75) is 18.6 Å². The van der Waals surface area contributed by atoms with Crippen LogP contribution in [0.25, 0.3) is 16.9 Å². The van der Waals surface area contributed by atoms with E-state index in [4.69, 9.17) is 0 Å². The van der Waals surface area contributed by atoms with Crippen LogP contribution in [-0.2, 0) is 11.0 Å². The molecule has 1 fully saturated rings. The second kappa shape index (κ2) is 5.97. The number of carbonyl (C=O) groups excluding carboxylic acids is 1. The van der Waals surface area contributed by atoms with Crippen LogP contribution >= 0.6 is 0 Å². The third-order valence-electron chi connectivity index (χ3n) is 4.07. The van der Waals surface area contributed by atoms with Crippen LogP contribution < -0.4 is 10.6 Å². The predicted octanol–water partition coefficient (Wildman–Crippen LogP) is 2.13. The van der Waals surface area contributed by atoms with Crippen LogP contribution in [-0.4, -0.2) is 38.0 Å². The van der Waals surface area contributed by atoms with Crippen molar-refractivity contribution in [2.75, 3.05) is 11.9 Å². The fourth-order valence-electron chi connectivity index (χ4n) is 2.84. The smallest absolute Gasteiger partial charge is 0.354 e. The number of aromatic nitrogens is 4. The van der Waals surface area contributed by atoms with E-state index in [1.807, 2.05) is 0 Å². The Hall–Kier alpha value is -3.17. The van der Waals surface area contributed by atoms with Crippen LogP contribution in [0.2, 0.25) is 0 Å². The van der Waals surface area contributed by atoms with Crippen molar-refractivity contribution in [2.24, 2.45) is 0 Å². The first kappa shape index (κ1) is 16.3. The Bertz CT molecular complexity index is 984. The lowest BCUT2D eigenvalue weighted by Crippen LogP contribution is -2.24. The molecule has 4 rings (SSSR count). The lowest BCUT2D eigenvalue weighted by molar-refractivity contribution is -0.138. The van der Waals surface area contributed by atoms with Crippen molar-refractivity contribution in [1.29, 1.82) is 0 Å². The zero-order chi connectivity index (χ0) is 18.3. The van der Waals surface area contributed by atoms with Crippen molar-refractivity contribution >= 4 is 22.9 Å². The van der Waals surface area contributed by atoms with Crippen molar-refractivity contribution in [3.8, 4) is 5.82 Å². The molecule has 0 spiro atoms. The van der Waals surface area contributed by atoms with Crippen LogP contribution in [0.5, 0.6) is 0 Å². The highest BCUT2D eigenvalue weighted by molar-refractivity contribution is 5.79. The molecule has 3 aromatic rings. The van der Waals surface area contributed by atoms with E-state index in [1.54, 1.807) is 24.3 Å². The Morgan fingerprint density at radius 1 is 1.23 bits per heavy atom. The van der Waals surface area contributed by atoms with Crippen LogP contribution in [0.15, 0.2) is 36.8 Å². The minimum Gasteiger partial charge on any atom is -0.354 e. The summed E-state index contributed by atoms with van der Waals surface area (Å²) in [5, 5.41) is 5.53. The van der Waals surface area contributed by atoms with Crippen LogP contribution in [0.1, 0.15) is 12.0 Å². The Morgan fingerprint density at radius 2 is 2.04 bits per heavy atom. The summed E-state index contributed by atoms with van der Waals surface area (Å²) in [6.45, 7) is 0.368. The molecule has 10 heteroatoms. The van der Waals surface area contributed by atoms with Gasteiger partial charge in [-0.1, -0.05) is 12.1 Å². The van der Waals surface area contributed by atoms with Gasteiger partial charge in [0.05, 0.1) is 17.1 Å². The quantitative estimate of drug-likeness (QED) is 0.746. The largest absolute Gasteiger partial charge is 0.421 e. The van der Waals surface area contributed by atoms with Crippen molar-refractivity contribution in [3.05, 3.63) is 42.4 Å². The Morgan fingerprint density at radius 3 is 2.77 bits per heavy atom. The number of hydrogen-bond acceptors (Lipinski definition) is 5. The summed E-state index contributed by atoms with van der Waals surface area (Å²) in [6.07, 6.45) is -2.37. The van der Waals surface area contributed by atoms with Gasteiger partial charge in [-0.15, -0.1) is 0 Å². The maximum Gasteiger partial charge on any atom is 0.421 e. The highest BCUT2D eigenvalue weighted by Gasteiger charge is 2.36. The molecule has 3 heterocycles. The van der Waals surface area contributed by atoms with Gasteiger partial charge in [-0.25, -0.2) is 9.97 Å². The third-order valence-corrected chi connectivity index (χ3v) is 4.07. The summed E-state index contributed by atoms with van der Waals surface area (Å²) >= 11 is 0. The topological polar surface area (TPSA) is 84.7 Å². The van der Waals surface area contributed by atoms with Gasteiger partial charge in [0.1, 0.15) is 11.9 Å². The molecular weight excluding hydrogens is 349 g/mol. The molecule has 1 atom stereocenters. The number of amides is 1. The zero-order valence-electron chi connectivity index (χ0n) is 13.3. The number of para-hydroxylation sites is 2. The normalized spacial score (nSPS) is 17.5. The zero-order valence-corrected chi connectivity index (χ0v) is 13.3. The van der Waals surface area contributed by atoms with E-state index in [0.717, 1.165) is 6.20 Å². The van der Waals surface area contributed by atoms with Gasteiger partial charge in [-0.3, -0.25) is 9.36 Å². The second-order valence-corrected chi connectivity index (χ2v) is 5.88. The number of fused-ring (bicyclic) bond motifs is 1. The van der Waals surface area contributed by atoms with Gasteiger partial charge in [-0.2, -0.15) is 18.2 Å². The third kappa shape index (κ3) is 2.93. The van der Waals surface area contributed by atoms with Crippen molar-refractivity contribution in [3.63, 3.8) is 0 Å². The Labute approximate surface area is 145 Å². The van der Waals surface area contributed by atoms with E-state index in [0.29, 0.717) is 17.6 Å². The highest BCUT2D eigenvalue weighted by atomic mass is 19.4. The van der Waals surface area contributed by atoms with Gasteiger partial charge in [0.25, 0.3) is 0 Å². The molecule has 1 saturated heterocycles. The summed E-state index contributed by atoms with van der Waals surface area (Å²) < 4.78 is 41.6. The minimum absolute atomic E-state index is 0.0206. The van der Waals surface area contributed by atoms with E-state index in [-0.39, 0.29) is 30.1 Å². The first-order chi connectivity index (χ1) is 12.4. The van der Waals surface area contributed by atoms with E-state index in [1.165, 1.54) is 10.9 Å². The number of rotatable bonds is 3. The van der Waals surface area contributed by atoms with Crippen LogP contribution in [0, 0.1) is 0 Å². The summed E-state index contributed by atoms with van der Waals surface area (Å²) in [5.74, 6) is -0.427. The van der Waals surface area contributed by atoms with Gasteiger partial charge < -0.3 is 10.6 Å². The molecule has 26 heavy (non-hydrogen) atoms. The predicted molar refractivity (Wildman–Crippen MR) is 86.7 cm³/mol. The molecule has 0 radical (unpaired) electrons. The number of alkyl halides is 3. The first-order valence-corrected chi connectivity index (χ1v) is 7.82. The number of imidazole rings is 1. The molecule has 1 aliphatic rings. The molecular formula is C16H13F3N6O. The van der Waals surface area contributed by atoms with Gasteiger partial charge >= 0.3 is 6.18 Å². The minimum atomic E-state index is -4.62. The second-order valence-electron chi connectivity index (χ2n) is 5.88. The molecule has 1 aliphatic heterocycles. The maximum atomic E-state index is 13.4. The summed E-state index contributed by atoms with van der Waals surface area (Å²) in [6, 6.07) is 6.56. The van der Waals surface area contributed by atoms with Crippen molar-refractivity contribution < 1.29 is 18.0 Å². The average Bonchev–Trinajstić information content (AvgIpc) is 3.20. The van der Waals surface area contributed by atoms with Crippen LogP contribution in [0.4, 0.5) is 19.1 Å². The highest BCUT2D eigenvalue weighted by Crippen LogP contribution is 2.34. The molecule has 0 bridgehead atoms. The molecule has 134 valence electrons. The molecule has 2 aromatic heterocycles. The number of hydrogen-bond donors (Lipinski definition) is 2. The molecule has 1 amide bonds. The summed E-state index contributed by atoms with van der Waals surface area (Å²) in [5.41, 5.74) is 0.0894. The van der Waals surface area contributed by atoms with Crippen LogP contribution in [0.3, 0.4) is 0 Å². The van der Waals surface area contributed by atoms with Gasteiger partial charge in [-0.05, 0) is 12.1 Å². The average molecular weight is 362 g/mol. The molecule has 1 aromatic carbocycles. The molecule has 0 aliphatic carbocycles.